The molecule has 4 aromatic rings. The third kappa shape index (κ3) is 3.18. The summed E-state index contributed by atoms with van der Waals surface area (Å²) in [6.07, 6.45) is 2.66. The van der Waals surface area contributed by atoms with Crippen LogP contribution in [0.1, 0.15) is 32.9 Å². The maximum Gasteiger partial charge on any atom is 0.254 e. The summed E-state index contributed by atoms with van der Waals surface area (Å²) >= 11 is 0. The van der Waals surface area contributed by atoms with Gasteiger partial charge in [-0.05, 0) is 37.1 Å². The molecule has 29 heavy (non-hydrogen) atoms. The fourth-order valence-corrected chi connectivity index (χ4v) is 3.96. The Labute approximate surface area is 169 Å². The lowest BCUT2D eigenvalue weighted by atomic mass is 10.0. The minimum Gasteiger partial charge on any atom is -0.334 e. The lowest BCUT2D eigenvalue weighted by molar-refractivity contribution is 0.0732. The minimum absolute atomic E-state index is 0.0582. The van der Waals surface area contributed by atoms with Gasteiger partial charge in [-0.15, -0.1) is 0 Å². The van der Waals surface area contributed by atoms with Gasteiger partial charge in [-0.25, -0.2) is 9.50 Å². The largest absolute Gasteiger partial charge is 0.334 e. The summed E-state index contributed by atoms with van der Waals surface area (Å²) in [5.74, 6) is 0.0582. The van der Waals surface area contributed by atoms with E-state index in [0.29, 0.717) is 18.7 Å². The highest BCUT2D eigenvalue weighted by molar-refractivity contribution is 5.94. The van der Waals surface area contributed by atoms with Gasteiger partial charge in [-0.3, -0.25) is 4.79 Å². The van der Waals surface area contributed by atoms with Crippen molar-refractivity contribution in [1.29, 1.82) is 0 Å². The van der Waals surface area contributed by atoms with E-state index in [0.717, 1.165) is 40.1 Å². The van der Waals surface area contributed by atoms with Crippen molar-refractivity contribution in [3.05, 3.63) is 88.9 Å². The summed E-state index contributed by atoms with van der Waals surface area (Å²) in [5, 5.41) is 4.55. The molecule has 1 aliphatic heterocycles. The van der Waals surface area contributed by atoms with Crippen LogP contribution in [0.3, 0.4) is 0 Å². The summed E-state index contributed by atoms with van der Waals surface area (Å²) in [5.41, 5.74) is 8.28. The van der Waals surface area contributed by atoms with E-state index < -0.39 is 0 Å². The normalized spacial score (nSPS) is 13.5. The van der Waals surface area contributed by atoms with Gasteiger partial charge in [0.15, 0.2) is 5.65 Å². The molecule has 5 nitrogen and oxygen atoms in total. The molecule has 144 valence electrons. The van der Waals surface area contributed by atoms with Crippen LogP contribution in [0.2, 0.25) is 0 Å². The number of benzene rings is 2. The second-order valence-electron chi connectivity index (χ2n) is 7.71. The van der Waals surface area contributed by atoms with E-state index in [2.05, 4.69) is 41.3 Å². The second kappa shape index (κ2) is 6.85. The molecule has 0 saturated carbocycles. The van der Waals surface area contributed by atoms with E-state index in [9.17, 15) is 4.79 Å². The van der Waals surface area contributed by atoms with Crippen molar-refractivity contribution in [3.8, 4) is 11.1 Å². The van der Waals surface area contributed by atoms with Crippen LogP contribution >= 0.6 is 0 Å². The average molecular weight is 382 g/mol. The van der Waals surface area contributed by atoms with Crippen molar-refractivity contribution in [2.24, 2.45) is 0 Å². The van der Waals surface area contributed by atoms with Gasteiger partial charge < -0.3 is 4.90 Å². The van der Waals surface area contributed by atoms with Gasteiger partial charge in [-0.1, -0.05) is 42.0 Å². The van der Waals surface area contributed by atoms with Crippen molar-refractivity contribution >= 4 is 11.6 Å². The summed E-state index contributed by atoms with van der Waals surface area (Å²) in [6, 6.07) is 18.3. The zero-order chi connectivity index (χ0) is 20.0. The number of aryl methyl sites for hydroxylation is 2. The molecule has 5 rings (SSSR count). The summed E-state index contributed by atoms with van der Waals surface area (Å²) in [6.45, 7) is 5.30. The molecule has 2 aromatic carbocycles. The topological polar surface area (TPSA) is 50.5 Å². The number of hydrogen-bond donors (Lipinski definition) is 0. The second-order valence-corrected chi connectivity index (χ2v) is 7.71. The van der Waals surface area contributed by atoms with Crippen LogP contribution in [0.25, 0.3) is 16.8 Å². The molecule has 0 unspecified atom stereocenters. The number of hydrogen-bond acceptors (Lipinski definition) is 3. The molecular weight excluding hydrogens is 360 g/mol. The first-order chi connectivity index (χ1) is 14.1. The Kier molecular flexibility index (Phi) is 4.16. The third-order valence-corrected chi connectivity index (χ3v) is 5.58. The Hall–Kier alpha value is -3.47. The van der Waals surface area contributed by atoms with Crippen LogP contribution < -0.4 is 0 Å². The van der Waals surface area contributed by atoms with E-state index in [4.69, 9.17) is 0 Å². The van der Waals surface area contributed by atoms with Crippen LogP contribution in [0.4, 0.5) is 0 Å². The SMILES string of the molecule is Cc1ccc(-c2ccc(C(=O)N3CCc4c(cnc5cc(C)nn45)C3)cc2)cc1. The van der Waals surface area contributed by atoms with Gasteiger partial charge in [0.05, 0.1) is 11.4 Å². The third-order valence-electron chi connectivity index (χ3n) is 5.58. The van der Waals surface area contributed by atoms with Crippen LogP contribution in [-0.2, 0) is 13.0 Å². The van der Waals surface area contributed by atoms with Crippen LogP contribution in [0, 0.1) is 13.8 Å². The van der Waals surface area contributed by atoms with Gasteiger partial charge in [0.2, 0.25) is 0 Å². The molecule has 0 fully saturated rings. The number of amides is 1. The lowest BCUT2D eigenvalue weighted by Crippen LogP contribution is -2.37. The van der Waals surface area contributed by atoms with Crippen molar-refractivity contribution in [2.75, 3.05) is 6.54 Å². The molecule has 0 saturated heterocycles. The Bertz CT molecular complexity index is 1210. The highest BCUT2D eigenvalue weighted by atomic mass is 16.2. The molecule has 0 aliphatic carbocycles. The summed E-state index contributed by atoms with van der Waals surface area (Å²) in [7, 11) is 0. The van der Waals surface area contributed by atoms with Crippen molar-refractivity contribution < 1.29 is 4.79 Å². The Balaban J connectivity index is 1.37. The lowest BCUT2D eigenvalue weighted by Gasteiger charge is -2.29. The van der Waals surface area contributed by atoms with Gasteiger partial charge >= 0.3 is 0 Å². The number of rotatable bonds is 2. The minimum atomic E-state index is 0.0582. The van der Waals surface area contributed by atoms with Gasteiger partial charge in [-0.2, -0.15) is 5.10 Å². The highest BCUT2D eigenvalue weighted by Crippen LogP contribution is 2.24. The van der Waals surface area contributed by atoms with Crippen LogP contribution in [0.5, 0.6) is 0 Å². The van der Waals surface area contributed by atoms with Crippen molar-refractivity contribution in [3.63, 3.8) is 0 Å². The first-order valence-corrected chi connectivity index (χ1v) is 9.88. The van der Waals surface area contributed by atoms with Gasteiger partial charge in [0, 0.05) is 42.9 Å². The molecule has 0 atom stereocenters. The first-order valence-electron chi connectivity index (χ1n) is 9.88. The molecule has 3 heterocycles. The number of aromatic nitrogens is 3. The van der Waals surface area contributed by atoms with E-state index in [1.54, 1.807) is 0 Å². The molecule has 0 N–H and O–H groups in total. The quantitative estimate of drug-likeness (QED) is 0.522. The van der Waals surface area contributed by atoms with Crippen molar-refractivity contribution in [2.45, 2.75) is 26.8 Å². The van der Waals surface area contributed by atoms with Gasteiger partial charge in [0.1, 0.15) is 0 Å². The maximum absolute atomic E-state index is 13.1. The molecule has 2 aromatic heterocycles. The van der Waals surface area contributed by atoms with E-state index in [1.165, 1.54) is 5.56 Å². The molecule has 0 bridgehead atoms. The smallest absolute Gasteiger partial charge is 0.254 e. The maximum atomic E-state index is 13.1. The zero-order valence-corrected chi connectivity index (χ0v) is 16.6. The van der Waals surface area contributed by atoms with Crippen LogP contribution in [-0.4, -0.2) is 31.9 Å². The Morgan fingerprint density at radius 3 is 2.38 bits per heavy atom. The molecular formula is C24H22N4O. The summed E-state index contributed by atoms with van der Waals surface area (Å²) in [4.78, 5) is 19.4. The predicted molar refractivity (Wildman–Crippen MR) is 113 cm³/mol. The summed E-state index contributed by atoms with van der Waals surface area (Å²) < 4.78 is 1.92. The number of fused-ring (bicyclic) bond motifs is 3. The number of carbonyl (C=O) groups excluding carboxylic acids is 1. The average Bonchev–Trinajstić information content (AvgIpc) is 3.14. The molecule has 0 spiro atoms. The number of nitrogens with zero attached hydrogens (tertiary/aromatic N) is 4. The molecule has 1 amide bonds. The fraction of sp³-hybridized carbons (Fsp3) is 0.208. The van der Waals surface area contributed by atoms with E-state index in [1.807, 2.05) is 52.9 Å². The Morgan fingerprint density at radius 1 is 0.966 bits per heavy atom. The van der Waals surface area contributed by atoms with Crippen molar-refractivity contribution in [1.82, 2.24) is 19.5 Å². The predicted octanol–water partition coefficient (Wildman–Crippen LogP) is 4.21. The van der Waals surface area contributed by atoms with E-state index in [-0.39, 0.29) is 5.91 Å². The Morgan fingerprint density at radius 2 is 1.66 bits per heavy atom. The first kappa shape index (κ1) is 17.6. The molecule has 0 radical (unpaired) electrons. The fourth-order valence-electron chi connectivity index (χ4n) is 3.96. The molecule has 5 heteroatoms. The highest BCUT2D eigenvalue weighted by Gasteiger charge is 2.24. The zero-order valence-electron chi connectivity index (χ0n) is 16.6. The number of carbonyl (C=O) groups is 1. The van der Waals surface area contributed by atoms with E-state index >= 15 is 0 Å². The van der Waals surface area contributed by atoms with Gasteiger partial charge in [0.25, 0.3) is 5.91 Å². The monoisotopic (exact) mass is 382 g/mol. The van der Waals surface area contributed by atoms with Crippen LogP contribution in [0.15, 0.2) is 60.8 Å². The molecule has 1 aliphatic rings. The standard InChI is InChI=1S/C24H22N4O/c1-16-3-5-18(6-4-16)19-7-9-20(10-8-19)24(29)27-12-11-22-21(15-27)14-25-23-13-17(2)26-28(22)23/h3-10,13-14H,11-12,15H2,1-2H3.